The van der Waals surface area contributed by atoms with Crippen molar-refractivity contribution in [2.45, 2.75) is 47.0 Å². The lowest BCUT2D eigenvalue weighted by atomic mass is 9.81. The van der Waals surface area contributed by atoms with Crippen molar-refractivity contribution in [3.63, 3.8) is 0 Å². The molecule has 0 amide bonds. The Balaban J connectivity index is 0.000000150. The molecule has 0 aliphatic heterocycles. The fourth-order valence-corrected chi connectivity index (χ4v) is 4.59. The molecule has 1 aliphatic carbocycles. The first-order chi connectivity index (χ1) is 13.8. The summed E-state index contributed by atoms with van der Waals surface area (Å²) in [5, 5.41) is 2.75. The minimum absolute atomic E-state index is 0.142. The van der Waals surface area contributed by atoms with Crippen molar-refractivity contribution in [1.29, 1.82) is 0 Å². The van der Waals surface area contributed by atoms with Gasteiger partial charge >= 0.3 is 0 Å². The van der Waals surface area contributed by atoms with Crippen molar-refractivity contribution in [1.82, 2.24) is 0 Å². The van der Waals surface area contributed by atoms with Gasteiger partial charge in [0.1, 0.15) is 0 Å². The molecule has 4 aromatic rings. The van der Waals surface area contributed by atoms with Gasteiger partial charge in [0, 0.05) is 5.41 Å². The zero-order chi connectivity index (χ0) is 20.8. The van der Waals surface area contributed by atoms with Crippen molar-refractivity contribution in [2.75, 3.05) is 0 Å². The van der Waals surface area contributed by atoms with Gasteiger partial charge in [0.15, 0.2) is 0 Å². The minimum Gasteiger partial charge on any atom is -0.0614 e. The predicted octanol–water partition coefficient (Wildman–Crippen LogP) is 8.07. The van der Waals surface area contributed by atoms with E-state index >= 15 is 0 Å². The van der Waals surface area contributed by atoms with Crippen LogP contribution in [-0.2, 0) is 5.41 Å². The van der Waals surface area contributed by atoms with E-state index in [2.05, 4.69) is 114 Å². The molecule has 0 N–H and O–H groups in total. The Labute approximate surface area is 175 Å². The highest BCUT2D eigenvalue weighted by molar-refractivity contribution is 5.88. The van der Waals surface area contributed by atoms with Gasteiger partial charge in [0.05, 0.1) is 0 Å². The van der Waals surface area contributed by atoms with Gasteiger partial charge in [-0.15, -0.1) is 0 Å². The highest BCUT2D eigenvalue weighted by Gasteiger charge is 2.35. The van der Waals surface area contributed by atoms with Crippen molar-refractivity contribution in [3.05, 3.63) is 106 Å². The normalized spacial score (nSPS) is 13.4. The highest BCUT2D eigenvalue weighted by atomic mass is 14.4. The molecule has 0 atom stereocenters. The molecule has 0 spiro atoms. The average molecular weight is 379 g/mol. The fourth-order valence-electron chi connectivity index (χ4n) is 4.59. The SMILES string of the molecule is Cc1ccc2c(c1)C(C)(C)c1cc(C)ccc1-2.Cc1cccc2c(C)cccc12. The Bertz CT molecular complexity index is 1110. The second-order valence-corrected chi connectivity index (χ2v) is 8.97. The van der Waals surface area contributed by atoms with Gasteiger partial charge in [-0.05, 0) is 71.8 Å². The fraction of sp³-hybridized carbons (Fsp3) is 0.241. The van der Waals surface area contributed by atoms with E-state index in [0.29, 0.717) is 0 Å². The molecule has 0 radical (unpaired) electrons. The van der Waals surface area contributed by atoms with Crippen LogP contribution in [0.4, 0.5) is 0 Å². The average Bonchev–Trinajstić information content (AvgIpc) is 2.90. The van der Waals surface area contributed by atoms with Crippen LogP contribution in [0.25, 0.3) is 21.9 Å². The van der Waals surface area contributed by atoms with Crippen molar-refractivity contribution < 1.29 is 0 Å². The molecular weight excluding hydrogens is 348 g/mol. The van der Waals surface area contributed by atoms with E-state index in [9.17, 15) is 0 Å². The van der Waals surface area contributed by atoms with Crippen molar-refractivity contribution in [2.24, 2.45) is 0 Å². The zero-order valence-corrected chi connectivity index (χ0v) is 18.4. The first kappa shape index (κ1) is 19.5. The monoisotopic (exact) mass is 378 g/mol. The summed E-state index contributed by atoms with van der Waals surface area (Å²) in [4.78, 5) is 0. The van der Waals surface area contributed by atoms with Crippen LogP contribution in [0.15, 0.2) is 72.8 Å². The Kier molecular flexibility index (Phi) is 4.82. The molecule has 5 rings (SSSR count). The largest absolute Gasteiger partial charge is 0.0614 e. The van der Waals surface area contributed by atoms with Crippen LogP contribution in [0.5, 0.6) is 0 Å². The molecule has 146 valence electrons. The van der Waals surface area contributed by atoms with Crippen LogP contribution in [0.2, 0.25) is 0 Å². The molecule has 0 heteroatoms. The van der Waals surface area contributed by atoms with Crippen LogP contribution in [-0.4, -0.2) is 0 Å². The maximum atomic E-state index is 2.34. The molecule has 0 aromatic heterocycles. The lowest BCUT2D eigenvalue weighted by Gasteiger charge is -2.22. The van der Waals surface area contributed by atoms with E-state index in [4.69, 9.17) is 0 Å². The first-order valence-electron chi connectivity index (χ1n) is 10.5. The summed E-state index contributed by atoms with van der Waals surface area (Å²) >= 11 is 0. The topological polar surface area (TPSA) is 0 Å². The summed E-state index contributed by atoms with van der Waals surface area (Å²) in [5.74, 6) is 0. The number of rotatable bonds is 0. The van der Waals surface area contributed by atoms with E-state index in [1.807, 2.05) is 0 Å². The van der Waals surface area contributed by atoms with Crippen molar-refractivity contribution in [3.8, 4) is 11.1 Å². The first-order valence-corrected chi connectivity index (χ1v) is 10.5. The molecule has 29 heavy (non-hydrogen) atoms. The van der Waals surface area contributed by atoms with Crippen LogP contribution in [0.3, 0.4) is 0 Å². The van der Waals surface area contributed by atoms with E-state index in [-0.39, 0.29) is 5.41 Å². The number of hydrogen-bond donors (Lipinski definition) is 0. The Morgan fingerprint density at radius 1 is 0.517 bits per heavy atom. The second-order valence-electron chi connectivity index (χ2n) is 8.97. The third-order valence-electron chi connectivity index (χ3n) is 6.35. The molecule has 0 nitrogen and oxygen atoms in total. The molecule has 0 heterocycles. The van der Waals surface area contributed by atoms with E-state index in [1.54, 1.807) is 0 Å². The molecule has 0 saturated heterocycles. The molecule has 0 saturated carbocycles. The molecule has 1 aliphatic rings. The lowest BCUT2D eigenvalue weighted by Crippen LogP contribution is -2.15. The molecule has 4 aromatic carbocycles. The minimum atomic E-state index is 0.142. The quantitative estimate of drug-likeness (QED) is 0.290. The van der Waals surface area contributed by atoms with Gasteiger partial charge in [0.25, 0.3) is 0 Å². The van der Waals surface area contributed by atoms with Crippen molar-refractivity contribution >= 4 is 10.8 Å². The van der Waals surface area contributed by atoms with E-state index in [0.717, 1.165) is 0 Å². The number of fused-ring (bicyclic) bond motifs is 4. The molecule has 0 fully saturated rings. The van der Waals surface area contributed by atoms with Crippen LogP contribution in [0.1, 0.15) is 47.2 Å². The van der Waals surface area contributed by atoms with Gasteiger partial charge in [-0.1, -0.05) is 97.8 Å². The van der Waals surface area contributed by atoms with Gasteiger partial charge < -0.3 is 0 Å². The second kappa shape index (κ2) is 7.19. The summed E-state index contributed by atoms with van der Waals surface area (Å²) in [6, 6.07) is 26.5. The Morgan fingerprint density at radius 3 is 1.34 bits per heavy atom. The molecule has 0 bridgehead atoms. The van der Waals surface area contributed by atoms with Gasteiger partial charge in [0.2, 0.25) is 0 Å². The third kappa shape index (κ3) is 3.38. The predicted molar refractivity (Wildman–Crippen MR) is 127 cm³/mol. The summed E-state index contributed by atoms with van der Waals surface area (Å²) < 4.78 is 0. The van der Waals surface area contributed by atoms with Crippen LogP contribution < -0.4 is 0 Å². The standard InChI is InChI=1S/C17H18.C12H12/c1-11-5-7-13-14-8-6-12(2)10-16(14)17(3,4)15(13)9-11;1-9-5-3-8-12-10(2)6-4-7-11(9)12/h5-10H,1-4H3;3-8H,1-2H3. The Hall–Kier alpha value is -2.86. The summed E-state index contributed by atoms with van der Waals surface area (Å²) in [6.07, 6.45) is 0. The van der Waals surface area contributed by atoms with E-state index in [1.165, 1.54) is 55.3 Å². The summed E-state index contributed by atoms with van der Waals surface area (Å²) in [7, 11) is 0. The zero-order valence-electron chi connectivity index (χ0n) is 18.4. The number of aryl methyl sites for hydroxylation is 4. The number of benzene rings is 4. The highest BCUT2D eigenvalue weighted by Crippen LogP contribution is 2.48. The number of hydrogen-bond acceptors (Lipinski definition) is 0. The smallest absolute Gasteiger partial charge is 0.0159 e. The summed E-state index contributed by atoms with van der Waals surface area (Å²) in [5.41, 5.74) is 11.3. The molecular formula is C29H30. The maximum Gasteiger partial charge on any atom is 0.0159 e. The molecule has 0 unspecified atom stereocenters. The van der Waals surface area contributed by atoms with E-state index < -0.39 is 0 Å². The lowest BCUT2D eigenvalue weighted by molar-refractivity contribution is 0.659. The summed E-state index contributed by atoms with van der Waals surface area (Å²) in [6.45, 7) is 13.3. The third-order valence-corrected chi connectivity index (χ3v) is 6.35. The van der Waals surface area contributed by atoms with Crippen LogP contribution in [0, 0.1) is 27.7 Å². The maximum absolute atomic E-state index is 2.34. The van der Waals surface area contributed by atoms with Gasteiger partial charge in [-0.25, -0.2) is 0 Å². The Morgan fingerprint density at radius 2 is 0.931 bits per heavy atom. The van der Waals surface area contributed by atoms with Crippen LogP contribution >= 0.6 is 0 Å². The van der Waals surface area contributed by atoms with Gasteiger partial charge in [-0.2, -0.15) is 0 Å². The van der Waals surface area contributed by atoms with Gasteiger partial charge in [-0.3, -0.25) is 0 Å².